The van der Waals surface area contributed by atoms with Gasteiger partial charge in [-0.1, -0.05) is 12.1 Å². The quantitative estimate of drug-likeness (QED) is 0.812. The summed E-state index contributed by atoms with van der Waals surface area (Å²) >= 11 is 0. The molecular formula is C20H27F2NO2. The van der Waals surface area contributed by atoms with E-state index in [1.165, 1.54) is 0 Å². The summed E-state index contributed by atoms with van der Waals surface area (Å²) in [6, 6.07) is 5.18. The number of hydrogen-bond donors (Lipinski definition) is 1. The molecule has 0 bridgehead atoms. The Morgan fingerprint density at radius 1 is 1.24 bits per heavy atom. The molecule has 0 atom stereocenters. The molecule has 1 aliphatic heterocycles. The summed E-state index contributed by atoms with van der Waals surface area (Å²) in [5.41, 5.74) is 2.12. The summed E-state index contributed by atoms with van der Waals surface area (Å²) in [5.74, 6) is -0.391. The Hall–Kier alpha value is -1.65. The molecule has 3 nitrogen and oxygen atoms in total. The standard InChI is InChI=1S/C20H27F2NO2/c1-14-2-3-16(19(21)22)17(12-14)23-10-8-20(9-11-23)6-4-15(5-7-20)13-18(24)25/h2-3,12,15,19H,4-11,13H2,1H3,(H,24,25). The molecule has 1 aliphatic carbocycles. The first-order valence-electron chi connectivity index (χ1n) is 9.24. The fourth-order valence-corrected chi connectivity index (χ4v) is 4.58. The first-order chi connectivity index (χ1) is 11.9. The lowest BCUT2D eigenvalue weighted by molar-refractivity contribution is -0.138. The van der Waals surface area contributed by atoms with Gasteiger partial charge in [0.25, 0.3) is 6.43 Å². The fraction of sp³-hybridized carbons (Fsp3) is 0.650. The van der Waals surface area contributed by atoms with Crippen LogP contribution in [0, 0.1) is 18.3 Å². The second-order valence-electron chi connectivity index (χ2n) is 7.89. The van der Waals surface area contributed by atoms with Crippen LogP contribution < -0.4 is 4.90 Å². The summed E-state index contributed by atoms with van der Waals surface area (Å²) in [6.07, 6.45) is 3.99. The monoisotopic (exact) mass is 351 g/mol. The van der Waals surface area contributed by atoms with Gasteiger partial charge in [0.15, 0.2) is 0 Å². The molecule has 1 aromatic rings. The molecule has 0 radical (unpaired) electrons. The van der Waals surface area contributed by atoms with Crippen molar-refractivity contribution < 1.29 is 18.7 Å². The van der Waals surface area contributed by atoms with Gasteiger partial charge in [-0.15, -0.1) is 0 Å². The van der Waals surface area contributed by atoms with Gasteiger partial charge < -0.3 is 10.0 Å². The van der Waals surface area contributed by atoms with Crippen LogP contribution in [0.4, 0.5) is 14.5 Å². The number of nitrogens with zero attached hydrogens (tertiary/aromatic N) is 1. The smallest absolute Gasteiger partial charge is 0.303 e. The van der Waals surface area contributed by atoms with E-state index >= 15 is 0 Å². The largest absolute Gasteiger partial charge is 0.481 e. The lowest BCUT2D eigenvalue weighted by Crippen LogP contribution is -2.42. The van der Waals surface area contributed by atoms with Crippen molar-refractivity contribution in [3.63, 3.8) is 0 Å². The van der Waals surface area contributed by atoms with E-state index in [0.29, 0.717) is 17.0 Å². The zero-order valence-corrected chi connectivity index (χ0v) is 14.8. The average Bonchev–Trinajstić information content (AvgIpc) is 2.57. The van der Waals surface area contributed by atoms with Gasteiger partial charge in [0, 0.05) is 30.8 Å². The van der Waals surface area contributed by atoms with E-state index in [1.807, 2.05) is 13.0 Å². The number of hydrogen-bond acceptors (Lipinski definition) is 2. The number of alkyl halides is 2. The lowest BCUT2D eigenvalue weighted by atomic mass is 9.65. The number of carboxylic acid groups (broad SMARTS) is 1. The number of rotatable bonds is 4. The van der Waals surface area contributed by atoms with Gasteiger partial charge in [-0.3, -0.25) is 4.79 Å². The zero-order valence-electron chi connectivity index (χ0n) is 14.8. The lowest BCUT2D eigenvalue weighted by Gasteiger charge is -2.46. The number of carbonyl (C=O) groups is 1. The Kier molecular flexibility index (Phi) is 5.30. The van der Waals surface area contributed by atoms with Crippen LogP contribution in [0.2, 0.25) is 0 Å². The SMILES string of the molecule is Cc1ccc(C(F)F)c(N2CCC3(CCC(CC(=O)O)CC3)CC2)c1. The topological polar surface area (TPSA) is 40.5 Å². The van der Waals surface area contributed by atoms with E-state index in [1.54, 1.807) is 12.1 Å². The number of anilines is 1. The van der Waals surface area contributed by atoms with Crippen molar-refractivity contribution in [1.29, 1.82) is 0 Å². The second-order valence-corrected chi connectivity index (χ2v) is 7.89. The van der Waals surface area contributed by atoms with E-state index in [2.05, 4.69) is 4.90 Å². The third-order valence-corrected chi connectivity index (χ3v) is 6.21. The minimum Gasteiger partial charge on any atom is -0.481 e. The van der Waals surface area contributed by atoms with Gasteiger partial charge in [-0.05, 0) is 68.4 Å². The van der Waals surface area contributed by atoms with Crippen LogP contribution in [0.15, 0.2) is 18.2 Å². The molecule has 1 N–H and O–H groups in total. The Morgan fingerprint density at radius 3 is 2.44 bits per heavy atom. The van der Waals surface area contributed by atoms with E-state index in [4.69, 9.17) is 5.11 Å². The summed E-state index contributed by atoms with van der Waals surface area (Å²) in [5, 5.41) is 8.95. The minimum absolute atomic E-state index is 0.131. The Morgan fingerprint density at radius 2 is 1.88 bits per heavy atom. The van der Waals surface area contributed by atoms with Gasteiger partial charge in [0.2, 0.25) is 0 Å². The third-order valence-electron chi connectivity index (χ3n) is 6.21. The van der Waals surface area contributed by atoms with Crippen molar-refractivity contribution in [3.8, 4) is 0 Å². The maximum absolute atomic E-state index is 13.3. The number of aryl methyl sites for hydroxylation is 1. The van der Waals surface area contributed by atoms with Gasteiger partial charge >= 0.3 is 5.97 Å². The molecule has 1 saturated carbocycles. The van der Waals surface area contributed by atoms with Crippen molar-refractivity contribution >= 4 is 11.7 Å². The molecule has 5 heteroatoms. The molecule has 0 unspecified atom stereocenters. The number of aliphatic carboxylic acids is 1. The molecule has 1 saturated heterocycles. The molecule has 25 heavy (non-hydrogen) atoms. The average molecular weight is 351 g/mol. The Balaban J connectivity index is 1.63. The zero-order chi connectivity index (χ0) is 18.0. The molecule has 0 aromatic heterocycles. The number of benzene rings is 1. The van der Waals surface area contributed by atoms with E-state index in [9.17, 15) is 13.6 Å². The van der Waals surface area contributed by atoms with Crippen LogP contribution in [-0.2, 0) is 4.79 Å². The van der Waals surface area contributed by atoms with Gasteiger partial charge in [0.05, 0.1) is 0 Å². The van der Waals surface area contributed by atoms with Crippen LogP contribution in [0.5, 0.6) is 0 Å². The van der Waals surface area contributed by atoms with E-state index in [0.717, 1.165) is 57.2 Å². The molecule has 1 aromatic carbocycles. The summed E-state index contributed by atoms with van der Waals surface area (Å²) in [7, 11) is 0. The molecule has 2 aliphatic rings. The minimum atomic E-state index is -2.45. The first-order valence-corrected chi connectivity index (χ1v) is 9.24. The van der Waals surface area contributed by atoms with Crippen LogP contribution in [0.3, 0.4) is 0 Å². The summed E-state index contributed by atoms with van der Waals surface area (Å²) in [6.45, 7) is 3.56. The normalized spacial score (nSPS) is 21.0. The van der Waals surface area contributed by atoms with E-state index < -0.39 is 12.4 Å². The number of carboxylic acids is 1. The van der Waals surface area contributed by atoms with Crippen LogP contribution in [0.1, 0.15) is 62.5 Å². The third kappa shape index (κ3) is 4.13. The number of halogens is 2. The molecule has 138 valence electrons. The van der Waals surface area contributed by atoms with Crippen molar-refractivity contribution in [2.75, 3.05) is 18.0 Å². The van der Waals surface area contributed by atoms with Gasteiger partial charge in [-0.2, -0.15) is 0 Å². The molecule has 1 spiro atoms. The van der Waals surface area contributed by atoms with Crippen LogP contribution >= 0.6 is 0 Å². The van der Waals surface area contributed by atoms with Crippen LogP contribution in [-0.4, -0.2) is 24.2 Å². The molecule has 3 rings (SSSR count). The Bertz CT molecular complexity index is 614. The fourth-order valence-electron chi connectivity index (χ4n) is 4.58. The summed E-state index contributed by atoms with van der Waals surface area (Å²) < 4.78 is 26.7. The molecule has 0 amide bonds. The van der Waals surface area contributed by atoms with Crippen molar-refractivity contribution in [2.45, 2.75) is 58.3 Å². The van der Waals surface area contributed by atoms with Crippen molar-refractivity contribution in [3.05, 3.63) is 29.3 Å². The predicted molar refractivity (Wildman–Crippen MR) is 94.2 cm³/mol. The maximum Gasteiger partial charge on any atom is 0.303 e. The van der Waals surface area contributed by atoms with Crippen molar-refractivity contribution in [2.24, 2.45) is 11.3 Å². The highest BCUT2D eigenvalue weighted by Gasteiger charge is 2.38. The van der Waals surface area contributed by atoms with Gasteiger partial charge in [-0.25, -0.2) is 8.78 Å². The molecule has 2 fully saturated rings. The highest BCUT2D eigenvalue weighted by molar-refractivity contribution is 5.67. The second kappa shape index (κ2) is 7.30. The number of piperidine rings is 1. The first kappa shape index (κ1) is 18.2. The predicted octanol–water partition coefficient (Wildman–Crippen LogP) is 5.18. The van der Waals surface area contributed by atoms with Crippen molar-refractivity contribution in [1.82, 2.24) is 0 Å². The summed E-state index contributed by atoms with van der Waals surface area (Å²) in [4.78, 5) is 13.0. The van der Waals surface area contributed by atoms with Gasteiger partial charge in [0.1, 0.15) is 0 Å². The maximum atomic E-state index is 13.3. The molecule has 1 heterocycles. The Labute approximate surface area is 148 Å². The van der Waals surface area contributed by atoms with E-state index in [-0.39, 0.29) is 12.0 Å². The highest BCUT2D eigenvalue weighted by atomic mass is 19.3. The molecular weight excluding hydrogens is 324 g/mol. The highest BCUT2D eigenvalue weighted by Crippen LogP contribution is 2.48. The van der Waals surface area contributed by atoms with Crippen LogP contribution in [0.25, 0.3) is 0 Å².